The highest BCUT2D eigenvalue weighted by Crippen LogP contribution is 2.36. The van der Waals surface area contributed by atoms with Gasteiger partial charge in [-0.05, 0) is 59.5 Å². The molecule has 0 bridgehead atoms. The van der Waals surface area contributed by atoms with Gasteiger partial charge in [0.15, 0.2) is 21.3 Å². The van der Waals surface area contributed by atoms with E-state index in [1.54, 1.807) is 35.2 Å². The van der Waals surface area contributed by atoms with Gasteiger partial charge < -0.3 is 24.8 Å². The number of carbonyl (C=O) groups excluding carboxylic acids is 2. The number of benzene rings is 3. The Labute approximate surface area is 245 Å². The molecule has 0 aliphatic carbocycles. The number of hydrogen-bond acceptors (Lipinski definition) is 7. The highest BCUT2D eigenvalue weighted by atomic mass is 35.5. The number of aliphatic carboxylic acids is 1. The average molecular weight is 619 g/mol. The number of carbonyl (C=O) groups is 3. The highest BCUT2D eigenvalue weighted by molar-refractivity contribution is 7.90. The summed E-state index contributed by atoms with van der Waals surface area (Å²) in [6.45, 7) is 0.635. The maximum Gasteiger partial charge on any atom is 0.326 e. The van der Waals surface area contributed by atoms with Crippen molar-refractivity contribution in [2.24, 2.45) is 0 Å². The van der Waals surface area contributed by atoms with E-state index in [0.717, 1.165) is 6.26 Å². The Bertz CT molecular complexity index is 1690. The quantitative estimate of drug-likeness (QED) is 0.408. The Kier molecular flexibility index (Phi) is 7.87. The van der Waals surface area contributed by atoms with Gasteiger partial charge in [-0.15, -0.1) is 0 Å². The molecule has 0 radical (unpaired) electrons. The van der Waals surface area contributed by atoms with Gasteiger partial charge in [0, 0.05) is 31.3 Å². The predicted octanol–water partition coefficient (Wildman–Crippen LogP) is 3.75. The predicted molar refractivity (Wildman–Crippen MR) is 150 cm³/mol. The van der Waals surface area contributed by atoms with Crippen molar-refractivity contribution in [3.8, 4) is 11.5 Å². The second-order valence-corrected chi connectivity index (χ2v) is 12.5. The number of halogens is 2. The minimum Gasteiger partial charge on any atom is -0.480 e. The van der Waals surface area contributed by atoms with Crippen LogP contribution in [0.3, 0.4) is 0 Å². The van der Waals surface area contributed by atoms with Crippen LogP contribution in [0.2, 0.25) is 10.0 Å². The number of amides is 2. The van der Waals surface area contributed by atoms with Crippen LogP contribution in [-0.2, 0) is 34.0 Å². The third-order valence-corrected chi connectivity index (χ3v) is 8.73. The van der Waals surface area contributed by atoms with Gasteiger partial charge in [0.2, 0.25) is 6.79 Å². The van der Waals surface area contributed by atoms with Crippen LogP contribution in [0.15, 0.2) is 53.4 Å². The molecule has 0 saturated carbocycles. The zero-order valence-electron chi connectivity index (χ0n) is 21.6. The minimum atomic E-state index is -3.50. The van der Waals surface area contributed by atoms with E-state index >= 15 is 0 Å². The smallest absolute Gasteiger partial charge is 0.326 e. The SMILES string of the molecule is CS(=O)(=O)c1cccc(C[C@H](NC(=O)c2c(Cl)cc3c(c2Cl)CCN(C(=O)c2ccc4c(c2)OCO4)C3)C(=O)O)c1. The molecule has 2 amide bonds. The highest BCUT2D eigenvalue weighted by Gasteiger charge is 2.30. The normalized spacial score (nSPS) is 14.8. The van der Waals surface area contributed by atoms with Gasteiger partial charge in [0.25, 0.3) is 11.8 Å². The second-order valence-electron chi connectivity index (χ2n) is 9.72. The third kappa shape index (κ3) is 5.97. The Hall–Kier alpha value is -3.80. The number of carboxylic acids is 1. The first-order chi connectivity index (χ1) is 19.4. The lowest BCUT2D eigenvalue weighted by molar-refractivity contribution is -0.139. The number of sulfone groups is 1. The summed E-state index contributed by atoms with van der Waals surface area (Å²) in [5, 5.41) is 12.3. The van der Waals surface area contributed by atoms with E-state index in [1.807, 2.05) is 0 Å². The molecule has 2 heterocycles. The molecule has 3 aromatic rings. The van der Waals surface area contributed by atoms with Crippen LogP contribution in [0.25, 0.3) is 0 Å². The Morgan fingerprint density at radius 3 is 2.56 bits per heavy atom. The van der Waals surface area contributed by atoms with Crippen LogP contribution >= 0.6 is 23.2 Å². The van der Waals surface area contributed by atoms with Gasteiger partial charge in [0.05, 0.1) is 20.5 Å². The molecular formula is C28H24Cl2N2O8S. The lowest BCUT2D eigenvalue weighted by Gasteiger charge is -2.30. The van der Waals surface area contributed by atoms with E-state index in [1.165, 1.54) is 18.2 Å². The molecule has 1 atom stereocenters. The number of hydrogen-bond donors (Lipinski definition) is 2. The Morgan fingerprint density at radius 1 is 1.07 bits per heavy atom. The van der Waals surface area contributed by atoms with Gasteiger partial charge >= 0.3 is 5.97 Å². The summed E-state index contributed by atoms with van der Waals surface area (Å²) in [5.41, 5.74) is 2.09. The van der Waals surface area contributed by atoms with Crippen molar-refractivity contribution >= 4 is 50.8 Å². The standard InChI is InChI=1S/C28H24Cl2N2O8S/c1-41(37,38)18-4-2-3-15(9-18)10-21(28(35)36)31-26(33)24-20(29)11-17-13-32(8-7-19(17)25(24)30)27(34)16-5-6-22-23(12-16)40-14-39-22/h2-6,9,11-12,21H,7-8,10,13-14H2,1H3,(H,31,33)(H,35,36)/t21-/m0/s1. The molecule has 5 rings (SSSR count). The maximum atomic E-state index is 13.2. The summed E-state index contributed by atoms with van der Waals surface area (Å²) in [6.07, 6.45) is 1.24. The number of rotatable bonds is 7. The van der Waals surface area contributed by atoms with Crippen molar-refractivity contribution in [3.05, 3.63) is 86.4 Å². The van der Waals surface area contributed by atoms with E-state index in [4.69, 9.17) is 32.7 Å². The summed E-state index contributed by atoms with van der Waals surface area (Å²) < 4.78 is 34.4. The fraction of sp³-hybridized carbons (Fsp3) is 0.250. The molecule has 0 aromatic heterocycles. The third-order valence-electron chi connectivity index (χ3n) is 6.91. The van der Waals surface area contributed by atoms with Crippen LogP contribution in [0.1, 0.15) is 37.4 Å². The van der Waals surface area contributed by atoms with Crippen LogP contribution in [0.4, 0.5) is 0 Å². The second kappa shape index (κ2) is 11.2. The number of carboxylic acid groups (broad SMARTS) is 1. The molecule has 214 valence electrons. The van der Waals surface area contributed by atoms with Gasteiger partial charge in [0.1, 0.15) is 6.04 Å². The Morgan fingerprint density at radius 2 is 1.83 bits per heavy atom. The molecule has 13 heteroatoms. The zero-order chi connectivity index (χ0) is 29.5. The summed E-state index contributed by atoms with van der Waals surface area (Å²) in [7, 11) is -3.50. The molecule has 0 saturated heterocycles. The number of ether oxygens (including phenoxy) is 2. The van der Waals surface area contributed by atoms with Gasteiger partial charge in [-0.25, -0.2) is 13.2 Å². The minimum absolute atomic E-state index is 0.00633. The van der Waals surface area contributed by atoms with E-state index in [0.29, 0.717) is 46.7 Å². The lowest BCUT2D eigenvalue weighted by atomic mass is 9.95. The topological polar surface area (TPSA) is 139 Å². The first-order valence-corrected chi connectivity index (χ1v) is 15.1. The first-order valence-electron chi connectivity index (χ1n) is 12.4. The molecular weight excluding hydrogens is 595 g/mol. The number of nitrogens with zero attached hydrogens (tertiary/aromatic N) is 1. The van der Waals surface area contributed by atoms with Gasteiger partial charge in [-0.1, -0.05) is 35.3 Å². The van der Waals surface area contributed by atoms with Crippen molar-refractivity contribution < 1.29 is 37.4 Å². The molecule has 2 N–H and O–H groups in total. The van der Waals surface area contributed by atoms with Crippen molar-refractivity contribution in [1.29, 1.82) is 0 Å². The van der Waals surface area contributed by atoms with E-state index in [-0.39, 0.29) is 46.2 Å². The molecule has 0 fully saturated rings. The van der Waals surface area contributed by atoms with Crippen LogP contribution in [0, 0.1) is 0 Å². The van der Waals surface area contributed by atoms with Gasteiger partial charge in [-0.2, -0.15) is 0 Å². The molecule has 10 nitrogen and oxygen atoms in total. The van der Waals surface area contributed by atoms with Crippen molar-refractivity contribution in [3.63, 3.8) is 0 Å². The molecule has 41 heavy (non-hydrogen) atoms. The number of nitrogens with one attached hydrogen (secondary N) is 1. The van der Waals surface area contributed by atoms with Crippen LogP contribution in [0.5, 0.6) is 11.5 Å². The molecule has 0 spiro atoms. The average Bonchev–Trinajstić information content (AvgIpc) is 3.39. The maximum absolute atomic E-state index is 13.2. The van der Waals surface area contributed by atoms with E-state index in [2.05, 4.69) is 5.32 Å². The summed E-state index contributed by atoms with van der Waals surface area (Å²) in [4.78, 5) is 40.1. The van der Waals surface area contributed by atoms with Crippen LogP contribution < -0.4 is 14.8 Å². The summed E-state index contributed by atoms with van der Waals surface area (Å²) in [5.74, 6) is -1.24. The monoisotopic (exact) mass is 618 g/mol. The number of fused-ring (bicyclic) bond motifs is 2. The zero-order valence-corrected chi connectivity index (χ0v) is 24.0. The molecule has 2 aliphatic rings. The fourth-order valence-corrected chi connectivity index (χ4v) is 6.27. The van der Waals surface area contributed by atoms with Crippen molar-refractivity contribution in [1.82, 2.24) is 10.2 Å². The van der Waals surface area contributed by atoms with E-state index < -0.39 is 27.8 Å². The fourth-order valence-electron chi connectivity index (χ4n) is 4.81. The van der Waals surface area contributed by atoms with Crippen LogP contribution in [-0.4, -0.2) is 61.8 Å². The lowest BCUT2D eigenvalue weighted by Crippen LogP contribution is -2.42. The van der Waals surface area contributed by atoms with E-state index in [9.17, 15) is 27.9 Å². The molecule has 3 aromatic carbocycles. The van der Waals surface area contributed by atoms with Crippen molar-refractivity contribution in [2.45, 2.75) is 30.3 Å². The van der Waals surface area contributed by atoms with Gasteiger partial charge in [-0.3, -0.25) is 9.59 Å². The molecule has 0 unspecified atom stereocenters. The largest absolute Gasteiger partial charge is 0.480 e. The van der Waals surface area contributed by atoms with Crippen molar-refractivity contribution in [2.75, 3.05) is 19.6 Å². The Balaban J connectivity index is 1.34. The molecule has 2 aliphatic heterocycles. The summed E-state index contributed by atoms with van der Waals surface area (Å²) >= 11 is 13.1. The first kappa shape index (κ1) is 28.7. The summed E-state index contributed by atoms with van der Waals surface area (Å²) in [6, 6.07) is 11.0.